The molecule has 1 aromatic heterocycles. The Balaban J connectivity index is 1.46. The zero-order valence-electron chi connectivity index (χ0n) is 15.8. The van der Waals surface area contributed by atoms with Crippen molar-refractivity contribution in [1.29, 1.82) is 0 Å². The summed E-state index contributed by atoms with van der Waals surface area (Å²) in [6.07, 6.45) is 1.63. The van der Waals surface area contributed by atoms with E-state index in [9.17, 15) is 9.59 Å². The molecule has 1 aromatic carbocycles. The smallest absolute Gasteiger partial charge is 0.251 e. The van der Waals surface area contributed by atoms with Gasteiger partial charge in [0.2, 0.25) is 5.91 Å². The Morgan fingerprint density at radius 1 is 1.30 bits per heavy atom. The van der Waals surface area contributed by atoms with E-state index in [1.165, 1.54) is 0 Å². The SMILES string of the molecule is COc1ccc2[nH]c(=O)c(CCC(=O)NCCCN3CCOCC3)cc2c1. The minimum Gasteiger partial charge on any atom is -0.497 e. The lowest BCUT2D eigenvalue weighted by Gasteiger charge is -2.26. The molecule has 3 rings (SSSR count). The molecule has 0 radical (unpaired) electrons. The normalized spacial score (nSPS) is 15.0. The van der Waals surface area contributed by atoms with E-state index < -0.39 is 0 Å². The molecule has 146 valence electrons. The summed E-state index contributed by atoms with van der Waals surface area (Å²) in [5, 5.41) is 3.84. The van der Waals surface area contributed by atoms with Gasteiger partial charge in [0.1, 0.15) is 5.75 Å². The number of H-pyrrole nitrogens is 1. The predicted molar refractivity (Wildman–Crippen MR) is 104 cm³/mol. The molecule has 27 heavy (non-hydrogen) atoms. The Morgan fingerprint density at radius 3 is 2.89 bits per heavy atom. The molecule has 0 spiro atoms. The highest BCUT2D eigenvalue weighted by molar-refractivity contribution is 5.81. The van der Waals surface area contributed by atoms with Gasteiger partial charge in [-0.05, 0) is 43.7 Å². The lowest BCUT2D eigenvalue weighted by atomic mass is 10.1. The topological polar surface area (TPSA) is 83.7 Å². The number of hydrogen-bond donors (Lipinski definition) is 2. The van der Waals surface area contributed by atoms with Gasteiger partial charge < -0.3 is 19.8 Å². The van der Waals surface area contributed by atoms with Crippen LogP contribution in [0.4, 0.5) is 0 Å². The van der Waals surface area contributed by atoms with Gasteiger partial charge in [-0.15, -0.1) is 0 Å². The van der Waals surface area contributed by atoms with Crippen LogP contribution in [0.25, 0.3) is 10.9 Å². The molecule has 1 saturated heterocycles. The Morgan fingerprint density at radius 2 is 2.11 bits per heavy atom. The highest BCUT2D eigenvalue weighted by Crippen LogP contribution is 2.19. The number of methoxy groups -OCH3 is 1. The monoisotopic (exact) mass is 373 g/mol. The van der Waals surface area contributed by atoms with Gasteiger partial charge in [0.05, 0.1) is 20.3 Å². The lowest BCUT2D eigenvalue weighted by molar-refractivity contribution is -0.121. The average molecular weight is 373 g/mol. The van der Waals surface area contributed by atoms with Crippen LogP contribution < -0.4 is 15.6 Å². The summed E-state index contributed by atoms with van der Waals surface area (Å²) in [6, 6.07) is 7.34. The van der Waals surface area contributed by atoms with Gasteiger partial charge in [0, 0.05) is 42.5 Å². The molecular formula is C20H27N3O4. The fourth-order valence-corrected chi connectivity index (χ4v) is 3.23. The maximum Gasteiger partial charge on any atom is 0.251 e. The molecule has 1 fully saturated rings. The summed E-state index contributed by atoms with van der Waals surface area (Å²) < 4.78 is 10.5. The molecule has 1 aliphatic rings. The van der Waals surface area contributed by atoms with Crippen molar-refractivity contribution in [2.75, 3.05) is 46.5 Å². The molecule has 2 aromatic rings. The van der Waals surface area contributed by atoms with Gasteiger partial charge in [-0.2, -0.15) is 0 Å². The van der Waals surface area contributed by atoms with E-state index in [2.05, 4.69) is 15.2 Å². The molecule has 0 saturated carbocycles. The third-order valence-corrected chi connectivity index (χ3v) is 4.83. The maximum atomic E-state index is 12.2. The summed E-state index contributed by atoms with van der Waals surface area (Å²) in [7, 11) is 1.61. The second-order valence-corrected chi connectivity index (χ2v) is 6.73. The molecule has 1 aliphatic heterocycles. The number of hydrogen-bond acceptors (Lipinski definition) is 5. The standard InChI is InChI=1S/C20H27N3O4/c1-26-17-4-5-18-16(14-17)13-15(20(25)22-18)3-6-19(24)21-7-2-8-23-9-11-27-12-10-23/h4-5,13-14H,2-3,6-12H2,1H3,(H,21,24)(H,22,25). The van der Waals surface area contributed by atoms with E-state index in [-0.39, 0.29) is 11.5 Å². The first kappa shape index (κ1) is 19.4. The van der Waals surface area contributed by atoms with Crippen LogP contribution in [-0.4, -0.2) is 62.3 Å². The largest absolute Gasteiger partial charge is 0.497 e. The van der Waals surface area contributed by atoms with Crippen molar-refractivity contribution in [2.45, 2.75) is 19.3 Å². The predicted octanol–water partition coefficient (Wildman–Crippen LogP) is 1.31. The number of pyridine rings is 1. The summed E-state index contributed by atoms with van der Waals surface area (Å²) in [4.78, 5) is 29.5. The van der Waals surface area contributed by atoms with E-state index in [1.807, 2.05) is 24.3 Å². The molecule has 0 atom stereocenters. The fourth-order valence-electron chi connectivity index (χ4n) is 3.23. The van der Waals surface area contributed by atoms with Gasteiger partial charge in [0.25, 0.3) is 5.56 Å². The number of morpholine rings is 1. The van der Waals surface area contributed by atoms with Gasteiger partial charge >= 0.3 is 0 Å². The van der Waals surface area contributed by atoms with Gasteiger partial charge in [0.15, 0.2) is 0 Å². The molecule has 0 bridgehead atoms. The molecule has 2 heterocycles. The first-order valence-electron chi connectivity index (χ1n) is 9.42. The van der Waals surface area contributed by atoms with E-state index in [4.69, 9.17) is 9.47 Å². The number of amides is 1. The molecule has 7 heteroatoms. The van der Waals surface area contributed by atoms with Crippen LogP contribution in [0.15, 0.2) is 29.1 Å². The minimum atomic E-state index is -0.146. The second kappa shape index (κ2) is 9.53. The van der Waals surface area contributed by atoms with E-state index in [0.29, 0.717) is 24.9 Å². The van der Waals surface area contributed by atoms with Crippen LogP contribution >= 0.6 is 0 Å². The van der Waals surface area contributed by atoms with Crippen molar-refractivity contribution in [3.05, 3.63) is 40.2 Å². The lowest BCUT2D eigenvalue weighted by Crippen LogP contribution is -2.38. The van der Waals surface area contributed by atoms with Crippen molar-refractivity contribution in [3.8, 4) is 5.75 Å². The van der Waals surface area contributed by atoms with E-state index in [1.54, 1.807) is 7.11 Å². The number of aromatic amines is 1. The number of fused-ring (bicyclic) bond motifs is 1. The Bertz CT molecular complexity index is 828. The Kier molecular flexibility index (Phi) is 6.84. The van der Waals surface area contributed by atoms with E-state index in [0.717, 1.165) is 55.9 Å². The number of aromatic nitrogens is 1. The first-order valence-corrected chi connectivity index (χ1v) is 9.42. The number of rotatable bonds is 8. The molecule has 2 N–H and O–H groups in total. The summed E-state index contributed by atoms with van der Waals surface area (Å²) in [5.74, 6) is 0.709. The van der Waals surface area contributed by atoms with Crippen LogP contribution in [-0.2, 0) is 16.0 Å². The van der Waals surface area contributed by atoms with Crippen molar-refractivity contribution < 1.29 is 14.3 Å². The fraction of sp³-hybridized carbons (Fsp3) is 0.500. The number of aryl methyl sites for hydroxylation is 1. The zero-order chi connectivity index (χ0) is 19.1. The van der Waals surface area contributed by atoms with E-state index >= 15 is 0 Å². The van der Waals surface area contributed by atoms with Gasteiger partial charge in [-0.3, -0.25) is 14.5 Å². The number of ether oxygens (including phenoxy) is 2. The van der Waals surface area contributed by atoms with Crippen molar-refractivity contribution >= 4 is 16.8 Å². The first-order chi connectivity index (χ1) is 13.2. The zero-order valence-corrected chi connectivity index (χ0v) is 15.8. The summed E-state index contributed by atoms with van der Waals surface area (Å²) in [6.45, 7) is 5.13. The summed E-state index contributed by atoms with van der Waals surface area (Å²) in [5.41, 5.74) is 1.23. The minimum absolute atomic E-state index is 0.0258. The second-order valence-electron chi connectivity index (χ2n) is 6.73. The van der Waals surface area contributed by atoms with Crippen molar-refractivity contribution in [1.82, 2.24) is 15.2 Å². The van der Waals surface area contributed by atoms with Crippen molar-refractivity contribution in [2.24, 2.45) is 0 Å². The number of nitrogens with one attached hydrogen (secondary N) is 2. The van der Waals surface area contributed by atoms with Crippen LogP contribution in [0.1, 0.15) is 18.4 Å². The van der Waals surface area contributed by atoms with Crippen LogP contribution in [0.2, 0.25) is 0 Å². The maximum absolute atomic E-state index is 12.2. The van der Waals surface area contributed by atoms with Crippen LogP contribution in [0, 0.1) is 0 Å². The third-order valence-electron chi connectivity index (χ3n) is 4.83. The number of carbonyl (C=O) groups is 1. The van der Waals surface area contributed by atoms with Crippen LogP contribution in [0.3, 0.4) is 0 Å². The number of benzene rings is 1. The quantitative estimate of drug-likeness (QED) is 0.682. The van der Waals surface area contributed by atoms with Gasteiger partial charge in [-0.1, -0.05) is 0 Å². The molecular weight excluding hydrogens is 346 g/mol. The molecule has 7 nitrogen and oxygen atoms in total. The van der Waals surface area contributed by atoms with Gasteiger partial charge in [-0.25, -0.2) is 0 Å². The molecule has 1 amide bonds. The molecule has 0 unspecified atom stereocenters. The number of nitrogens with zero attached hydrogens (tertiary/aromatic N) is 1. The van der Waals surface area contributed by atoms with Crippen LogP contribution in [0.5, 0.6) is 5.75 Å². The number of carbonyl (C=O) groups excluding carboxylic acids is 1. The average Bonchev–Trinajstić information content (AvgIpc) is 2.70. The Hall–Kier alpha value is -2.38. The third kappa shape index (κ3) is 5.55. The highest BCUT2D eigenvalue weighted by Gasteiger charge is 2.10. The van der Waals surface area contributed by atoms with Crippen molar-refractivity contribution in [3.63, 3.8) is 0 Å². The highest BCUT2D eigenvalue weighted by atomic mass is 16.5. The molecule has 0 aliphatic carbocycles. The Labute approximate surface area is 158 Å². The summed E-state index contributed by atoms with van der Waals surface area (Å²) >= 11 is 0.